The van der Waals surface area contributed by atoms with Crippen molar-refractivity contribution < 1.29 is 9.53 Å². The van der Waals surface area contributed by atoms with E-state index in [0.717, 1.165) is 31.6 Å². The number of nitrogens with two attached hydrogens (primary N) is 1. The van der Waals surface area contributed by atoms with Gasteiger partial charge in [-0.3, -0.25) is 4.79 Å². The number of methoxy groups -OCH3 is 1. The molecule has 1 fully saturated rings. The number of carbonyl (C=O) groups is 1. The number of nitrogens with zero attached hydrogens (tertiary/aromatic N) is 4. The number of rotatable bonds is 4. The average molecular weight is 317 g/mol. The summed E-state index contributed by atoms with van der Waals surface area (Å²) in [7, 11) is 1.53. The molecule has 1 amide bonds. The highest BCUT2D eigenvalue weighted by Gasteiger charge is 2.23. The van der Waals surface area contributed by atoms with Crippen molar-refractivity contribution in [2.24, 2.45) is 5.73 Å². The molecule has 2 heterocycles. The van der Waals surface area contributed by atoms with Crippen LogP contribution >= 0.6 is 0 Å². The van der Waals surface area contributed by atoms with Gasteiger partial charge in [0.2, 0.25) is 0 Å². The second-order valence-corrected chi connectivity index (χ2v) is 5.98. The van der Waals surface area contributed by atoms with Crippen molar-refractivity contribution in [1.82, 2.24) is 19.9 Å². The summed E-state index contributed by atoms with van der Waals surface area (Å²) in [5.74, 6) is -0.0561. The minimum Gasteiger partial charge on any atom is -0.496 e. The van der Waals surface area contributed by atoms with E-state index in [9.17, 15) is 4.79 Å². The lowest BCUT2D eigenvalue weighted by atomic mass is 10.1. The Labute approximate surface area is 135 Å². The van der Waals surface area contributed by atoms with Gasteiger partial charge in [-0.15, -0.1) is 5.10 Å². The number of likely N-dealkylation sites (N-methyl/N-ethyl adjacent to an activating group) is 1. The minimum absolute atomic E-state index is 0.284. The number of fused-ring (bicyclic) bond motifs is 1. The van der Waals surface area contributed by atoms with E-state index in [4.69, 9.17) is 10.5 Å². The van der Waals surface area contributed by atoms with E-state index in [0.29, 0.717) is 16.8 Å². The molecule has 1 aliphatic heterocycles. The molecular weight excluding hydrogens is 294 g/mol. The third-order valence-corrected chi connectivity index (χ3v) is 4.58. The fourth-order valence-electron chi connectivity index (χ4n) is 3.28. The van der Waals surface area contributed by atoms with Crippen molar-refractivity contribution >= 4 is 16.9 Å². The predicted octanol–water partition coefficient (Wildman–Crippen LogP) is 1.59. The monoisotopic (exact) mass is 317 g/mol. The molecule has 2 N–H and O–H groups in total. The lowest BCUT2D eigenvalue weighted by Crippen LogP contribution is -2.30. The third kappa shape index (κ3) is 3.01. The van der Waals surface area contributed by atoms with Gasteiger partial charge in [-0.1, -0.05) is 18.6 Å². The molecular formula is C16H23N5O2. The van der Waals surface area contributed by atoms with E-state index in [1.165, 1.54) is 20.0 Å². The molecule has 0 bridgehead atoms. The quantitative estimate of drug-likeness (QED) is 0.925. The van der Waals surface area contributed by atoms with Gasteiger partial charge in [-0.2, -0.15) is 0 Å². The molecule has 124 valence electrons. The summed E-state index contributed by atoms with van der Waals surface area (Å²) < 4.78 is 7.28. The number of benzene rings is 1. The first-order valence-corrected chi connectivity index (χ1v) is 8.09. The smallest absolute Gasteiger partial charge is 0.252 e. The number of hydrogen-bond donors (Lipinski definition) is 1. The topological polar surface area (TPSA) is 86.3 Å². The summed E-state index contributed by atoms with van der Waals surface area (Å²) in [4.78, 5) is 14.0. The molecule has 0 spiro atoms. The zero-order chi connectivity index (χ0) is 16.4. The second-order valence-electron chi connectivity index (χ2n) is 5.98. The van der Waals surface area contributed by atoms with Crippen molar-refractivity contribution in [1.29, 1.82) is 0 Å². The Hall–Kier alpha value is -2.15. The van der Waals surface area contributed by atoms with Crippen molar-refractivity contribution in [2.75, 3.05) is 26.7 Å². The average Bonchev–Trinajstić information content (AvgIpc) is 2.81. The number of ether oxygens (including phenoxy) is 1. The van der Waals surface area contributed by atoms with E-state index < -0.39 is 5.91 Å². The Balaban J connectivity index is 2.02. The number of carbonyl (C=O) groups excluding carboxylic acids is 1. The van der Waals surface area contributed by atoms with Gasteiger partial charge in [-0.05, 0) is 32.0 Å². The Morgan fingerprint density at radius 2 is 2.26 bits per heavy atom. The first-order valence-electron chi connectivity index (χ1n) is 8.09. The second kappa shape index (κ2) is 6.54. The fraction of sp³-hybridized carbons (Fsp3) is 0.562. The summed E-state index contributed by atoms with van der Waals surface area (Å²) in [6.45, 7) is 5.33. The highest BCUT2D eigenvalue weighted by atomic mass is 16.5. The Kier molecular flexibility index (Phi) is 4.47. The maximum Gasteiger partial charge on any atom is 0.252 e. The maximum absolute atomic E-state index is 11.5. The molecule has 0 radical (unpaired) electrons. The number of aromatic nitrogens is 3. The van der Waals surface area contributed by atoms with Gasteiger partial charge in [0, 0.05) is 12.6 Å². The van der Waals surface area contributed by atoms with Crippen LogP contribution in [0, 0.1) is 0 Å². The van der Waals surface area contributed by atoms with E-state index in [-0.39, 0.29) is 6.04 Å². The fourth-order valence-corrected chi connectivity index (χ4v) is 3.28. The number of primary amides is 1. The van der Waals surface area contributed by atoms with Gasteiger partial charge >= 0.3 is 0 Å². The van der Waals surface area contributed by atoms with E-state index in [2.05, 4.69) is 22.1 Å². The van der Waals surface area contributed by atoms with Crippen LogP contribution < -0.4 is 10.5 Å². The van der Waals surface area contributed by atoms with Crippen LogP contribution in [0.5, 0.6) is 5.75 Å². The maximum atomic E-state index is 11.5. The molecule has 1 aliphatic rings. The highest BCUT2D eigenvalue weighted by molar-refractivity contribution is 5.99. The number of likely N-dealkylation sites (tertiary alicyclic amines) is 1. The molecule has 1 saturated heterocycles. The van der Waals surface area contributed by atoms with Crippen LogP contribution in [0.15, 0.2) is 12.1 Å². The van der Waals surface area contributed by atoms with Gasteiger partial charge in [0.15, 0.2) is 0 Å². The summed E-state index contributed by atoms with van der Waals surface area (Å²) in [5, 5.41) is 8.56. The highest BCUT2D eigenvalue weighted by Crippen LogP contribution is 2.28. The van der Waals surface area contributed by atoms with Crippen LogP contribution in [-0.4, -0.2) is 52.5 Å². The van der Waals surface area contributed by atoms with Gasteiger partial charge < -0.3 is 15.4 Å². The first-order chi connectivity index (χ1) is 11.1. The summed E-state index contributed by atoms with van der Waals surface area (Å²) in [6.07, 6.45) is 3.47. The molecule has 0 aliphatic carbocycles. The zero-order valence-electron chi connectivity index (χ0n) is 13.7. The lowest BCUT2D eigenvalue weighted by Gasteiger charge is -2.23. The molecule has 0 saturated carbocycles. The molecule has 2 aromatic rings. The molecule has 7 heteroatoms. The van der Waals surface area contributed by atoms with Crippen LogP contribution in [0.2, 0.25) is 0 Å². The van der Waals surface area contributed by atoms with Crippen molar-refractivity contribution in [2.45, 2.75) is 32.2 Å². The molecule has 3 rings (SSSR count). The molecule has 23 heavy (non-hydrogen) atoms. The molecule has 1 unspecified atom stereocenters. The molecule has 7 nitrogen and oxygen atoms in total. The van der Waals surface area contributed by atoms with Gasteiger partial charge in [0.05, 0.1) is 24.2 Å². The van der Waals surface area contributed by atoms with Gasteiger partial charge in [0.25, 0.3) is 5.91 Å². The van der Waals surface area contributed by atoms with Gasteiger partial charge in [-0.25, -0.2) is 4.68 Å². The summed E-state index contributed by atoms with van der Waals surface area (Å²) >= 11 is 0. The SMILES string of the molecule is CCN1CCCCC(n2nnc3cc(C(N)=O)c(OC)cc32)C1. The first kappa shape index (κ1) is 15.7. The van der Waals surface area contributed by atoms with E-state index in [1.54, 1.807) is 6.07 Å². The van der Waals surface area contributed by atoms with Crippen LogP contribution in [-0.2, 0) is 0 Å². The Morgan fingerprint density at radius 3 is 2.96 bits per heavy atom. The van der Waals surface area contributed by atoms with Gasteiger partial charge in [0.1, 0.15) is 11.3 Å². The van der Waals surface area contributed by atoms with E-state index in [1.807, 2.05) is 10.7 Å². The lowest BCUT2D eigenvalue weighted by molar-refractivity contribution is 0.0997. The minimum atomic E-state index is -0.523. The largest absolute Gasteiger partial charge is 0.496 e. The number of amides is 1. The third-order valence-electron chi connectivity index (χ3n) is 4.58. The normalized spacial score (nSPS) is 19.7. The van der Waals surface area contributed by atoms with E-state index >= 15 is 0 Å². The van der Waals surface area contributed by atoms with Crippen LogP contribution in [0.1, 0.15) is 42.6 Å². The zero-order valence-corrected chi connectivity index (χ0v) is 13.7. The van der Waals surface area contributed by atoms with Crippen molar-refractivity contribution in [3.8, 4) is 5.75 Å². The van der Waals surface area contributed by atoms with Crippen molar-refractivity contribution in [3.63, 3.8) is 0 Å². The van der Waals surface area contributed by atoms with Crippen LogP contribution in [0.25, 0.3) is 11.0 Å². The molecule has 1 aromatic heterocycles. The van der Waals surface area contributed by atoms with Crippen LogP contribution in [0.3, 0.4) is 0 Å². The predicted molar refractivity (Wildman–Crippen MR) is 87.6 cm³/mol. The molecule has 1 aromatic carbocycles. The molecule has 1 atom stereocenters. The summed E-state index contributed by atoms with van der Waals surface area (Å²) in [6, 6.07) is 3.76. The summed E-state index contributed by atoms with van der Waals surface area (Å²) in [5.41, 5.74) is 7.30. The number of hydrogen-bond acceptors (Lipinski definition) is 5. The van der Waals surface area contributed by atoms with Crippen molar-refractivity contribution in [3.05, 3.63) is 17.7 Å². The Morgan fingerprint density at radius 1 is 1.43 bits per heavy atom. The van der Waals surface area contributed by atoms with Crippen LogP contribution in [0.4, 0.5) is 0 Å². The Bertz CT molecular complexity index is 712. The standard InChI is InChI=1S/C16H23N5O2/c1-3-20-7-5-4-6-11(10-20)21-14-9-15(23-2)12(16(17)22)8-13(14)18-19-21/h8-9,11H,3-7,10H2,1-2H3,(H2,17,22).